The van der Waals surface area contributed by atoms with Crippen LogP contribution in [0.2, 0.25) is 0 Å². The maximum Gasteiger partial charge on any atom is 0.358 e. The number of ether oxygens (including phenoxy) is 1. The lowest BCUT2D eigenvalue weighted by Gasteiger charge is -2.08. The normalized spacial score (nSPS) is 10.8. The maximum atomic E-state index is 13.9. The van der Waals surface area contributed by atoms with Crippen molar-refractivity contribution < 1.29 is 19.0 Å². The lowest BCUT2D eigenvalue weighted by Crippen LogP contribution is -2.08. The standard InChI is InChI=1S/C14H16FN3O3/c1-21-9-5-4-8-12-13(14(19)20)16-17-18(12)11-7-3-2-6-10(11)15/h2-3,6-7H,4-5,8-9H2,1H3,(H,19,20). The third-order valence-corrected chi connectivity index (χ3v) is 3.06. The number of aromatic carboxylic acids is 1. The second-order valence-electron chi connectivity index (χ2n) is 4.50. The fourth-order valence-corrected chi connectivity index (χ4v) is 2.05. The monoisotopic (exact) mass is 293 g/mol. The number of halogens is 1. The van der Waals surface area contributed by atoms with Gasteiger partial charge in [-0.1, -0.05) is 17.3 Å². The third-order valence-electron chi connectivity index (χ3n) is 3.06. The maximum absolute atomic E-state index is 13.9. The number of carbonyl (C=O) groups is 1. The Balaban J connectivity index is 2.33. The van der Waals surface area contributed by atoms with Gasteiger partial charge in [-0.2, -0.15) is 0 Å². The Hall–Kier alpha value is -2.28. The molecule has 1 aromatic heterocycles. The summed E-state index contributed by atoms with van der Waals surface area (Å²) in [6.45, 7) is 0.587. The molecule has 21 heavy (non-hydrogen) atoms. The number of para-hydroxylation sites is 1. The average molecular weight is 293 g/mol. The van der Waals surface area contributed by atoms with Gasteiger partial charge in [-0.3, -0.25) is 0 Å². The van der Waals surface area contributed by atoms with Crippen molar-refractivity contribution in [2.24, 2.45) is 0 Å². The molecule has 1 heterocycles. The number of methoxy groups -OCH3 is 1. The Kier molecular flexibility index (Phi) is 4.99. The quantitative estimate of drug-likeness (QED) is 0.791. The van der Waals surface area contributed by atoms with Gasteiger partial charge in [-0.05, 0) is 31.4 Å². The molecule has 0 aliphatic carbocycles. The smallest absolute Gasteiger partial charge is 0.358 e. The van der Waals surface area contributed by atoms with Crippen molar-refractivity contribution in [2.75, 3.05) is 13.7 Å². The minimum Gasteiger partial charge on any atom is -0.476 e. The van der Waals surface area contributed by atoms with Crippen molar-refractivity contribution in [2.45, 2.75) is 19.3 Å². The molecule has 0 spiro atoms. The molecule has 0 fully saturated rings. The largest absolute Gasteiger partial charge is 0.476 e. The number of carboxylic acid groups (broad SMARTS) is 1. The van der Waals surface area contributed by atoms with E-state index in [0.717, 1.165) is 6.42 Å². The predicted octanol–water partition coefficient (Wildman–Crippen LogP) is 2.07. The predicted molar refractivity (Wildman–Crippen MR) is 73.1 cm³/mol. The molecule has 0 atom stereocenters. The Bertz CT molecular complexity index is 628. The summed E-state index contributed by atoms with van der Waals surface area (Å²) < 4.78 is 20.1. The number of hydrogen-bond acceptors (Lipinski definition) is 4. The molecule has 0 aliphatic heterocycles. The molecule has 7 heteroatoms. The zero-order valence-electron chi connectivity index (χ0n) is 11.6. The number of rotatable bonds is 7. The minimum atomic E-state index is -1.17. The molecule has 2 aromatic rings. The minimum absolute atomic E-state index is 0.143. The van der Waals surface area contributed by atoms with E-state index in [1.54, 1.807) is 19.2 Å². The van der Waals surface area contributed by atoms with Crippen LogP contribution in [0.5, 0.6) is 0 Å². The first-order valence-corrected chi connectivity index (χ1v) is 6.57. The number of hydrogen-bond donors (Lipinski definition) is 1. The van der Waals surface area contributed by atoms with Crippen molar-refractivity contribution in [3.05, 3.63) is 41.5 Å². The number of nitrogens with zero attached hydrogens (tertiary/aromatic N) is 3. The summed E-state index contributed by atoms with van der Waals surface area (Å²) in [6.07, 6.45) is 1.92. The van der Waals surface area contributed by atoms with Gasteiger partial charge >= 0.3 is 5.97 Å². The highest BCUT2D eigenvalue weighted by Crippen LogP contribution is 2.18. The first-order chi connectivity index (χ1) is 10.1. The van der Waals surface area contributed by atoms with E-state index < -0.39 is 11.8 Å². The SMILES string of the molecule is COCCCCc1c(C(=O)O)nnn1-c1ccccc1F. The lowest BCUT2D eigenvalue weighted by atomic mass is 10.1. The molecular weight excluding hydrogens is 277 g/mol. The van der Waals surface area contributed by atoms with Gasteiger partial charge in [0, 0.05) is 13.7 Å². The van der Waals surface area contributed by atoms with Gasteiger partial charge in [-0.25, -0.2) is 13.9 Å². The molecule has 0 unspecified atom stereocenters. The lowest BCUT2D eigenvalue weighted by molar-refractivity contribution is 0.0689. The van der Waals surface area contributed by atoms with E-state index in [1.807, 2.05) is 0 Å². The van der Waals surface area contributed by atoms with Crippen molar-refractivity contribution in [1.82, 2.24) is 15.0 Å². The first kappa shape index (κ1) is 15.1. The number of unbranched alkanes of at least 4 members (excludes halogenated alkanes) is 1. The molecular formula is C14H16FN3O3. The zero-order chi connectivity index (χ0) is 15.2. The van der Waals surface area contributed by atoms with Gasteiger partial charge < -0.3 is 9.84 Å². The molecule has 0 aliphatic rings. The fraction of sp³-hybridized carbons (Fsp3) is 0.357. The van der Waals surface area contributed by atoms with Gasteiger partial charge in [-0.15, -0.1) is 5.10 Å². The second-order valence-corrected chi connectivity index (χ2v) is 4.50. The molecule has 0 saturated heterocycles. The van der Waals surface area contributed by atoms with Crippen molar-refractivity contribution in [3.63, 3.8) is 0 Å². The Morgan fingerprint density at radius 2 is 2.14 bits per heavy atom. The summed E-state index contributed by atoms with van der Waals surface area (Å²) >= 11 is 0. The molecule has 1 N–H and O–H groups in total. The summed E-state index contributed by atoms with van der Waals surface area (Å²) in [5, 5.41) is 16.6. The van der Waals surface area contributed by atoms with Crippen LogP contribution in [-0.4, -0.2) is 39.8 Å². The van der Waals surface area contributed by atoms with E-state index in [-0.39, 0.29) is 11.4 Å². The highest BCUT2D eigenvalue weighted by molar-refractivity contribution is 5.86. The molecule has 112 valence electrons. The van der Waals surface area contributed by atoms with E-state index >= 15 is 0 Å². The van der Waals surface area contributed by atoms with Crippen molar-refractivity contribution >= 4 is 5.97 Å². The summed E-state index contributed by atoms with van der Waals surface area (Å²) in [6, 6.07) is 6.06. The van der Waals surface area contributed by atoms with E-state index in [0.29, 0.717) is 25.1 Å². The Labute approximate surface area is 121 Å². The van der Waals surface area contributed by atoms with Crippen LogP contribution in [0.25, 0.3) is 5.69 Å². The Morgan fingerprint density at radius 1 is 1.38 bits per heavy atom. The van der Waals surface area contributed by atoms with E-state index in [2.05, 4.69) is 10.3 Å². The molecule has 0 amide bonds. The summed E-state index contributed by atoms with van der Waals surface area (Å²) in [5.41, 5.74) is 0.443. The van der Waals surface area contributed by atoms with Crippen LogP contribution in [0.15, 0.2) is 24.3 Å². The van der Waals surface area contributed by atoms with Gasteiger partial charge in [0.05, 0.1) is 5.69 Å². The van der Waals surface area contributed by atoms with Crippen LogP contribution in [0.3, 0.4) is 0 Å². The topological polar surface area (TPSA) is 77.2 Å². The van der Waals surface area contributed by atoms with Gasteiger partial charge in [0.25, 0.3) is 0 Å². The number of benzene rings is 1. The summed E-state index contributed by atoms with van der Waals surface area (Å²) in [5.74, 6) is -1.64. The second kappa shape index (κ2) is 6.94. The highest BCUT2D eigenvalue weighted by atomic mass is 19.1. The van der Waals surface area contributed by atoms with Crippen molar-refractivity contribution in [1.29, 1.82) is 0 Å². The van der Waals surface area contributed by atoms with Gasteiger partial charge in [0.2, 0.25) is 0 Å². The molecule has 1 aromatic carbocycles. The zero-order valence-corrected chi connectivity index (χ0v) is 11.6. The van der Waals surface area contributed by atoms with Gasteiger partial charge in [0.15, 0.2) is 5.69 Å². The van der Waals surface area contributed by atoms with Crippen LogP contribution >= 0.6 is 0 Å². The van der Waals surface area contributed by atoms with Crippen LogP contribution < -0.4 is 0 Å². The third kappa shape index (κ3) is 3.43. The molecule has 0 radical (unpaired) electrons. The molecule has 6 nitrogen and oxygen atoms in total. The fourth-order valence-electron chi connectivity index (χ4n) is 2.05. The van der Waals surface area contributed by atoms with Crippen LogP contribution in [0.1, 0.15) is 29.0 Å². The van der Waals surface area contributed by atoms with E-state index in [9.17, 15) is 9.18 Å². The van der Waals surface area contributed by atoms with Crippen LogP contribution in [0.4, 0.5) is 4.39 Å². The molecule has 0 bridgehead atoms. The van der Waals surface area contributed by atoms with Crippen molar-refractivity contribution in [3.8, 4) is 5.69 Å². The average Bonchev–Trinajstić information content (AvgIpc) is 2.88. The van der Waals surface area contributed by atoms with E-state index in [4.69, 9.17) is 9.84 Å². The summed E-state index contributed by atoms with van der Waals surface area (Å²) in [4.78, 5) is 11.2. The molecule has 0 saturated carbocycles. The number of aromatic nitrogens is 3. The first-order valence-electron chi connectivity index (χ1n) is 6.57. The molecule has 2 rings (SSSR count). The summed E-state index contributed by atoms with van der Waals surface area (Å²) in [7, 11) is 1.60. The Morgan fingerprint density at radius 3 is 2.81 bits per heavy atom. The van der Waals surface area contributed by atoms with Crippen LogP contribution in [-0.2, 0) is 11.2 Å². The van der Waals surface area contributed by atoms with E-state index in [1.165, 1.54) is 16.8 Å². The van der Waals surface area contributed by atoms with Crippen LogP contribution in [0, 0.1) is 5.82 Å². The highest BCUT2D eigenvalue weighted by Gasteiger charge is 2.20. The number of carboxylic acids is 1. The van der Waals surface area contributed by atoms with Gasteiger partial charge in [0.1, 0.15) is 11.5 Å².